The number of anilines is 2. The molecule has 1 aliphatic carbocycles. The van der Waals surface area contributed by atoms with Gasteiger partial charge in [0, 0.05) is 96.6 Å². The topological polar surface area (TPSA) is 481 Å². The van der Waals surface area contributed by atoms with Crippen molar-refractivity contribution in [1.82, 2.24) is 51.2 Å². The summed E-state index contributed by atoms with van der Waals surface area (Å²) >= 11 is 3.30. The molecule has 1 aliphatic rings. The molecular formula is C72H96N12O19S2. The number of ether oxygens (including phenoxy) is 5. The molecule has 0 radical (unpaired) electrons. The van der Waals surface area contributed by atoms with Crippen molar-refractivity contribution in [2.75, 3.05) is 88.9 Å². The molecule has 4 heterocycles. The predicted molar refractivity (Wildman–Crippen MR) is 394 cm³/mol. The number of ketones is 2. The molecule has 33 heteroatoms. The van der Waals surface area contributed by atoms with Gasteiger partial charge in [-0.1, -0.05) is 44.0 Å². The van der Waals surface area contributed by atoms with Gasteiger partial charge >= 0.3 is 23.9 Å². The van der Waals surface area contributed by atoms with Crippen molar-refractivity contribution in [2.24, 2.45) is 11.8 Å². The summed E-state index contributed by atoms with van der Waals surface area (Å²) in [6.45, 7) is 3.75. The van der Waals surface area contributed by atoms with Gasteiger partial charge in [-0.3, -0.25) is 57.9 Å². The van der Waals surface area contributed by atoms with Gasteiger partial charge < -0.3 is 76.6 Å². The summed E-state index contributed by atoms with van der Waals surface area (Å²) in [5, 5.41) is 30.8. The zero-order valence-electron chi connectivity index (χ0n) is 59.2. The van der Waals surface area contributed by atoms with Crippen LogP contribution in [-0.4, -0.2) is 199 Å². The van der Waals surface area contributed by atoms with Crippen LogP contribution >= 0.6 is 23.5 Å². The Morgan fingerprint density at radius 2 is 0.981 bits per heavy atom. The third kappa shape index (κ3) is 28.2. The van der Waals surface area contributed by atoms with E-state index in [1.165, 1.54) is 6.92 Å². The van der Waals surface area contributed by atoms with Crippen molar-refractivity contribution in [3.05, 3.63) is 115 Å². The molecule has 4 amide bonds. The summed E-state index contributed by atoms with van der Waals surface area (Å²) in [5.41, 5.74) is 15.3. The van der Waals surface area contributed by atoms with Crippen LogP contribution in [0, 0.1) is 11.8 Å². The second-order valence-electron chi connectivity index (χ2n) is 25.5. The van der Waals surface area contributed by atoms with E-state index in [2.05, 4.69) is 51.2 Å². The first-order valence-electron chi connectivity index (χ1n) is 35.4. The molecule has 1 saturated carbocycles. The summed E-state index contributed by atoms with van der Waals surface area (Å²) in [6, 6.07) is 11.4. The molecule has 31 nitrogen and oxygen atoms in total. The van der Waals surface area contributed by atoms with E-state index in [0.717, 1.165) is 35.1 Å². The maximum absolute atomic E-state index is 13.7. The third-order valence-corrected chi connectivity index (χ3v) is 20.9. The molecule has 0 bridgehead atoms. The monoisotopic (exact) mass is 1500 g/mol. The highest BCUT2D eigenvalue weighted by Gasteiger charge is 2.35. The number of aromatic amines is 4. The van der Waals surface area contributed by atoms with Crippen LogP contribution in [-0.2, 0) is 87.7 Å². The Morgan fingerprint density at radius 3 is 1.41 bits per heavy atom. The van der Waals surface area contributed by atoms with Gasteiger partial charge in [-0.15, -0.1) is 0 Å². The van der Waals surface area contributed by atoms with Crippen molar-refractivity contribution in [3.8, 4) is 0 Å². The van der Waals surface area contributed by atoms with Crippen molar-refractivity contribution in [1.29, 1.82) is 0 Å². The van der Waals surface area contributed by atoms with Gasteiger partial charge in [-0.05, 0) is 124 Å². The smallest absolute Gasteiger partial charge is 0.328 e. The number of unbranched alkanes of at least 4 members (excludes halogenated alkanes) is 2. The van der Waals surface area contributed by atoms with Crippen LogP contribution in [0.3, 0.4) is 0 Å². The average Bonchev–Trinajstić information content (AvgIpc) is 1.60. The highest BCUT2D eigenvalue weighted by molar-refractivity contribution is 8.04. The number of rotatable bonds is 51. The minimum absolute atomic E-state index is 0.00349. The number of aromatic nitrogens is 6. The number of nitrogens with two attached hydrogens (primary N) is 2. The van der Waals surface area contributed by atoms with Crippen molar-refractivity contribution < 1.29 is 81.8 Å². The number of Topliss-reactive ketones (excluding diaryl/α,β-unsaturated/α-hetero) is 2. The average molecular weight is 1500 g/mol. The van der Waals surface area contributed by atoms with Crippen LogP contribution in [0.15, 0.2) is 70.5 Å². The number of carboxylic acid groups (broad SMARTS) is 2. The zero-order chi connectivity index (χ0) is 75.6. The number of nitrogens with one attached hydrogen (secondary N) is 8. The number of amides is 4. The highest BCUT2D eigenvalue weighted by Crippen LogP contribution is 2.42. The van der Waals surface area contributed by atoms with Gasteiger partial charge in [0.2, 0.25) is 23.7 Å². The summed E-state index contributed by atoms with van der Waals surface area (Å²) in [5.74, 6) is -5.26. The van der Waals surface area contributed by atoms with Crippen LogP contribution in [0.5, 0.6) is 0 Å². The normalized spacial score (nSPS) is 14.5. The first-order chi connectivity index (χ1) is 50.5. The largest absolute Gasteiger partial charge is 0.481 e. The number of benzene rings is 2. The summed E-state index contributed by atoms with van der Waals surface area (Å²) < 4.78 is 27.8. The number of aryl methyl sites for hydroxylation is 4. The number of aliphatic carboxylic acids is 2. The first kappa shape index (κ1) is 82.8. The van der Waals surface area contributed by atoms with E-state index in [1.54, 1.807) is 84.4 Å². The molecule has 6 atom stereocenters. The minimum Gasteiger partial charge on any atom is -0.481 e. The maximum atomic E-state index is 13.7. The number of fused-ring (bicyclic) bond motifs is 2. The number of nitrogens with zero attached hydrogens (tertiary/aromatic N) is 2. The zero-order valence-corrected chi connectivity index (χ0v) is 60.8. The lowest BCUT2D eigenvalue weighted by atomic mass is 9.99. The lowest BCUT2D eigenvalue weighted by Crippen LogP contribution is -2.42. The highest BCUT2D eigenvalue weighted by atomic mass is 32.2. The van der Waals surface area contributed by atoms with Crippen molar-refractivity contribution in [3.63, 3.8) is 0 Å². The van der Waals surface area contributed by atoms with Crippen molar-refractivity contribution >= 4 is 117 Å². The molecule has 4 unspecified atom stereocenters. The number of thioether (sulfide) groups is 2. The second-order valence-corrected chi connectivity index (χ2v) is 28.1. The molecule has 1 fully saturated rings. The van der Waals surface area contributed by atoms with Gasteiger partial charge in [0.1, 0.15) is 48.2 Å². The minimum atomic E-state index is -1.09. The standard InChI is InChI=1S/C72H96N12O19S2/c1-3-46(63(91)75-28-32-100-34-36-102-69(97)53(8-4-6-10-57(87)88)79-65(93)47-18-12-44(13-19-47)16-22-49-39-77-61-59(49)67(95)83-71(73)81-61)41-104-55-24-25-56(55)105-42-51(38-52(86)27-31-99-30-26-43(2)85)64(92)76-29-33-101-35-37-103-70(98)54(9-5-7-11-58(89)90)80-66(94)48-20-14-45(15-21-48)17-23-50-40-78-62-60(50)68(96)84-72(74)82-62/h12-15,18-21,39-40,46,51,53-56H,3-11,16-17,22-38,41-42H2,1-2H3,(H,75,91)(H,76,92)(H,79,93)(H,80,94)(H,87,88)(H,89,90)(H4,73,77,81,83,95)(H4,74,78,82,84,96)/t46?,51?,53-,54-,55?,56?/m1/s1. The Morgan fingerprint density at radius 1 is 0.552 bits per heavy atom. The lowest BCUT2D eigenvalue weighted by molar-refractivity contribution is -0.148. The van der Waals surface area contributed by atoms with E-state index < -0.39 is 53.7 Å². The van der Waals surface area contributed by atoms with Crippen LogP contribution in [0.4, 0.5) is 11.9 Å². The van der Waals surface area contributed by atoms with Crippen LogP contribution in [0.25, 0.3) is 22.1 Å². The van der Waals surface area contributed by atoms with Crippen molar-refractivity contribution in [2.45, 2.75) is 152 Å². The van der Waals surface area contributed by atoms with E-state index >= 15 is 0 Å². The molecular weight excluding hydrogens is 1400 g/mol. The molecule has 0 spiro atoms. The third-order valence-electron chi connectivity index (χ3n) is 17.6. The quantitative estimate of drug-likeness (QED) is 0.0175. The van der Waals surface area contributed by atoms with Gasteiger partial charge in [-0.2, -0.15) is 33.5 Å². The number of carbonyl (C=O) groups excluding carboxylic acids is 8. The summed E-state index contributed by atoms with van der Waals surface area (Å²) in [4.78, 5) is 172. The SMILES string of the molecule is CCC(CSC1CCC1SCC(CC(=O)CCOCCC(C)=O)C(=O)NCCOCCOC(=O)[C@@H](CCCCC(=O)O)NC(=O)c1ccc(CCc2c[nH]c3nc(N)[nH]c(=O)c23)cc1)C(=O)NCCOCCOC(=O)[C@@H](CCCCC(=O)O)NC(=O)c1ccc(CCc2c[nH]c3nc(N)[nH]c(=O)c23)cc1. The molecule has 0 aliphatic heterocycles. The molecule has 4 aromatic heterocycles. The lowest BCUT2D eigenvalue weighted by Gasteiger charge is -2.37. The fraction of sp³-hybridized carbons (Fsp3) is 0.528. The number of carboxylic acids is 2. The number of hydrogen-bond acceptors (Lipinski definition) is 23. The van der Waals surface area contributed by atoms with Crippen LogP contribution < -0.4 is 43.9 Å². The number of carbonyl (C=O) groups is 10. The number of H-pyrrole nitrogens is 4. The molecule has 0 saturated heterocycles. The summed E-state index contributed by atoms with van der Waals surface area (Å²) in [6.07, 6.45) is 9.37. The van der Waals surface area contributed by atoms with E-state index in [0.29, 0.717) is 78.5 Å². The van der Waals surface area contributed by atoms with Gasteiger partial charge in [0.05, 0.1) is 56.3 Å². The van der Waals surface area contributed by atoms with E-state index in [4.69, 9.17) is 45.4 Å². The first-order valence-corrected chi connectivity index (χ1v) is 37.5. The fourth-order valence-corrected chi connectivity index (χ4v) is 14.8. The fourth-order valence-electron chi connectivity index (χ4n) is 11.4. The molecule has 7 rings (SSSR count). The molecule has 2 aromatic carbocycles. The molecule has 14 N–H and O–H groups in total. The molecule has 6 aromatic rings. The Hall–Kier alpha value is -9.44. The van der Waals surface area contributed by atoms with Gasteiger partial charge in [-0.25, -0.2) is 9.59 Å². The van der Waals surface area contributed by atoms with E-state index in [9.17, 15) is 57.5 Å². The van der Waals surface area contributed by atoms with Crippen LogP contribution in [0.1, 0.15) is 147 Å². The maximum Gasteiger partial charge on any atom is 0.328 e. The predicted octanol–water partition coefficient (Wildman–Crippen LogP) is 5.07. The Balaban J connectivity index is 0.792. The van der Waals surface area contributed by atoms with E-state index in [-0.39, 0.29) is 198 Å². The van der Waals surface area contributed by atoms with Gasteiger partial charge in [0.25, 0.3) is 22.9 Å². The number of esters is 2. The number of hydrogen-bond donors (Lipinski definition) is 12. The molecule has 105 heavy (non-hydrogen) atoms. The second kappa shape index (κ2) is 43.7. The Bertz CT molecular complexity index is 4010. The Kier molecular flexibility index (Phi) is 34.5. The van der Waals surface area contributed by atoms with Crippen LogP contribution in [0.2, 0.25) is 0 Å². The van der Waals surface area contributed by atoms with E-state index in [1.807, 2.05) is 6.92 Å². The summed E-state index contributed by atoms with van der Waals surface area (Å²) in [7, 11) is 0. The number of nitrogen functional groups attached to an aromatic ring is 2. The molecule has 570 valence electrons. The Labute approximate surface area is 614 Å². The van der Waals surface area contributed by atoms with Gasteiger partial charge in [0.15, 0.2) is 0 Å².